The summed E-state index contributed by atoms with van der Waals surface area (Å²) in [5, 5.41) is 1.21. The SMILES string of the molecule is NCC1CN(c2cnc3nc(Sc4ccnc(N)c4Cl)ccc3n2)C1. The van der Waals surface area contributed by atoms with Gasteiger partial charge in [-0.1, -0.05) is 23.4 Å². The molecule has 3 aromatic heterocycles. The van der Waals surface area contributed by atoms with Crippen LogP contribution in [-0.4, -0.2) is 39.6 Å². The normalized spacial score (nSPS) is 14.7. The molecule has 4 N–H and O–H groups in total. The summed E-state index contributed by atoms with van der Waals surface area (Å²) in [6.45, 7) is 2.57. The van der Waals surface area contributed by atoms with Crippen LogP contribution in [0.4, 0.5) is 11.6 Å². The second kappa shape index (κ2) is 6.62. The van der Waals surface area contributed by atoms with E-state index in [2.05, 4.69) is 24.8 Å². The highest BCUT2D eigenvalue weighted by Gasteiger charge is 2.26. The van der Waals surface area contributed by atoms with Gasteiger partial charge in [0.15, 0.2) is 5.65 Å². The first-order chi connectivity index (χ1) is 12.1. The lowest BCUT2D eigenvalue weighted by molar-refractivity contribution is 0.417. The number of anilines is 2. The first-order valence-corrected chi connectivity index (χ1v) is 9.00. The average Bonchev–Trinajstić information content (AvgIpc) is 2.58. The zero-order valence-electron chi connectivity index (χ0n) is 13.3. The van der Waals surface area contributed by atoms with Crippen molar-refractivity contribution in [2.45, 2.75) is 9.92 Å². The summed E-state index contributed by atoms with van der Waals surface area (Å²) < 4.78 is 0. The number of nitrogens with two attached hydrogens (primary N) is 2. The number of aromatic nitrogens is 4. The molecule has 0 amide bonds. The second-order valence-electron chi connectivity index (χ2n) is 5.84. The van der Waals surface area contributed by atoms with Crippen LogP contribution in [0.3, 0.4) is 0 Å². The highest BCUT2D eigenvalue weighted by Crippen LogP contribution is 2.34. The summed E-state index contributed by atoms with van der Waals surface area (Å²) in [7, 11) is 0. The molecule has 128 valence electrons. The van der Waals surface area contributed by atoms with Gasteiger partial charge in [0.2, 0.25) is 0 Å². The molecule has 0 bridgehead atoms. The molecular weight excluding hydrogens is 358 g/mol. The van der Waals surface area contributed by atoms with Crippen LogP contribution in [0.2, 0.25) is 5.02 Å². The van der Waals surface area contributed by atoms with E-state index in [1.54, 1.807) is 12.4 Å². The summed E-state index contributed by atoms with van der Waals surface area (Å²) in [5.74, 6) is 1.72. The van der Waals surface area contributed by atoms with Crippen molar-refractivity contribution in [1.82, 2.24) is 19.9 Å². The lowest BCUT2D eigenvalue weighted by atomic mass is 10.0. The van der Waals surface area contributed by atoms with Crippen LogP contribution in [0, 0.1) is 5.92 Å². The van der Waals surface area contributed by atoms with Gasteiger partial charge in [-0.15, -0.1) is 0 Å². The van der Waals surface area contributed by atoms with E-state index in [-0.39, 0.29) is 0 Å². The third kappa shape index (κ3) is 3.20. The van der Waals surface area contributed by atoms with Crippen molar-refractivity contribution >= 4 is 46.2 Å². The Balaban J connectivity index is 1.57. The summed E-state index contributed by atoms with van der Waals surface area (Å²) in [6.07, 6.45) is 3.38. The van der Waals surface area contributed by atoms with E-state index in [0.717, 1.165) is 34.3 Å². The molecule has 25 heavy (non-hydrogen) atoms. The maximum atomic E-state index is 6.18. The van der Waals surface area contributed by atoms with Crippen molar-refractivity contribution < 1.29 is 0 Å². The van der Waals surface area contributed by atoms with Gasteiger partial charge < -0.3 is 16.4 Å². The number of rotatable bonds is 4. The van der Waals surface area contributed by atoms with E-state index in [1.165, 1.54) is 11.8 Å². The number of nitrogen functional groups attached to an aromatic ring is 1. The fourth-order valence-electron chi connectivity index (χ4n) is 2.63. The van der Waals surface area contributed by atoms with Crippen molar-refractivity contribution in [2.24, 2.45) is 11.7 Å². The van der Waals surface area contributed by atoms with Crippen molar-refractivity contribution in [3.05, 3.63) is 35.6 Å². The van der Waals surface area contributed by atoms with E-state index in [9.17, 15) is 0 Å². The molecule has 1 fully saturated rings. The van der Waals surface area contributed by atoms with Crippen molar-refractivity contribution in [1.29, 1.82) is 0 Å². The summed E-state index contributed by atoms with van der Waals surface area (Å²) in [6, 6.07) is 5.62. The molecule has 0 aliphatic carbocycles. The third-order valence-corrected chi connectivity index (χ3v) is 5.58. The van der Waals surface area contributed by atoms with Crippen LogP contribution in [0.25, 0.3) is 11.2 Å². The highest BCUT2D eigenvalue weighted by molar-refractivity contribution is 7.99. The first kappa shape index (κ1) is 16.3. The third-order valence-electron chi connectivity index (χ3n) is 4.08. The van der Waals surface area contributed by atoms with Crippen molar-refractivity contribution in [3.8, 4) is 0 Å². The van der Waals surface area contributed by atoms with Gasteiger partial charge in [-0.05, 0) is 24.7 Å². The Labute approximate surface area is 153 Å². The molecule has 1 aliphatic heterocycles. The maximum absolute atomic E-state index is 6.18. The molecule has 0 unspecified atom stereocenters. The van der Waals surface area contributed by atoms with E-state index in [1.807, 2.05) is 18.2 Å². The molecule has 3 aromatic rings. The molecule has 4 heterocycles. The van der Waals surface area contributed by atoms with Crippen LogP contribution < -0.4 is 16.4 Å². The Kier molecular flexibility index (Phi) is 4.32. The van der Waals surface area contributed by atoms with Crippen LogP contribution in [0.1, 0.15) is 0 Å². The number of pyridine rings is 2. The molecule has 0 saturated carbocycles. The lowest BCUT2D eigenvalue weighted by Gasteiger charge is -2.39. The van der Waals surface area contributed by atoms with Crippen LogP contribution in [-0.2, 0) is 0 Å². The smallest absolute Gasteiger partial charge is 0.179 e. The Hall–Kier alpha value is -2.16. The zero-order valence-corrected chi connectivity index (χ0v) is 14.8. The second-order valence-corrected chi connectivity index (χ2v) is 7.28. The number of hydrogen-bond donors (Lipinski definition) is 2. The topological polar surface area (TPSA) is 107 Å². The fourth-order valence-corrected chi connectivity index (χ4v) is 3.67. The summed E-state index contributed by atoms with van der Waals surface area (Å²) >= 11 is 7.60. The van der Waals surface area contributed by atoms with Crippen LogP contribution in [0.15, 0.2) is 40.5 Å². The Morgan fingerprint density at radius 2 is 2.04 bits per heavy atom. The number of nitrogens with zero attached hydrogens (tertiary/aromatic N) is 5. The van der Waals surface area contributed by atoms with Crippen molar-refractivity contribution in [2.75, 3.05) is 30.3 Å². The first-order valence-electron chi connectivity index (χ1n) is 7.80. The predicted molar refractivity (Wildman–Crippen MR) is 99.9 cm³/mol. The Morgan fingerprint density at radius 1 is 1.20 bits per heavy atom. The van der Waals surface area contributed by atoms with Crippen LogP contribution >= 0.6 is 23.4 Å². The summed E-state index contributed by atoms with van der Waals surface area (Å²) in [4.78, 5) is 20.6. The molecule has 1 aliphatic rings. The molecule has 0 aromatic carbocycles. The molecule has 0 atom stereocenters. The van der Waals surface area contributed by atoms with Gasteiger partial charge in [-0.2, -0.15) is 0 Å². The largest absolute Gasteiger partial charge is 0.382 e. The van der Waals surface area contributed by atoms with E-state index >= 15 is 0 Å². The lowest BCUT2D eigenvalue weighted by Crippen LogP contribution is -2.50. The van der Waals surface area contributed by atoms with Gasteiger partial charge in [0.1, 0.15) is 22.2 Å². The summed E-state index contributed by atoms with van der Waals surface area (Å²) in [5.41, 5.74) is 12.8. The minimum absolute atomic E-state index is 0.308. The van der Waals surface area contributed by atoms with Gasteiger partial charge in [-0.3, -0.25) is 0 Å². The van der Waals surface area contributed by atoms with E-state index in [4.69, 9.17) is 23.1 Å². The molecule has 7 nitrogen and oxygen atoms in total. The fraction of sp³-hybridized carbons (Fsp3) is 0.250. The molecule has 9 heteroatoms. The van der Waals surface area contributed by atoms with Gasteiger partial charge >= 0.3 is 0 Å². The minimum Gasteiger partial charge on any atom is -0.382 e. The minimum atomic E-state index is 0.308. The number of fused-ring (bicyclic) bond motifs is 1. The van der Waals surface area contributed by atoms with Gasteiger partial charge in [0.25, 0.3) is 0 Å². The van der Waals surface area contributed by atoms with E-state index in [0.29, 0.717) is 29.0 Å². The highest BCUT2D eigenvalue weighted by atomic mass is 35.5. The van der Waals surface area contributed by atoms with Gasteiger partial charge in [-0.25, -0.2) is 19.9 Å². The predicted octanol–water partition coefficient (Wildman–Crippen LogP) is 2.20. The molecule has 0 radical (unpaired) electrons. The average molecular weight is 374 g/mol. The zero-order chi connectivity index (χ0) is 17.4. The maximum Gasteiger partial charge on any atom is 0.179 e. The van der Waals surface area contributed by atoms with Gasteiger partial charge in [0, 0.05) is 30.1 Å². The number of halogens is 1. The Morgan fingerprint density at radius 3 is 2.84 bits per heavy atom. The monoisotopic (exact) mass is 373 g/mol. The quantitative estimate of drug-likeness (QED) is 0.716. The van der Waals surface area contributed by atoms with Crippen molar-refractivity contribution in [3.63, 3.8) is 0 Å². The molecule has 0 spiro atoms. The van der Waals surface area contributed by atoms with E-state index < -0.39 is 0 Å². The molecular formula is C16H16ClN7S. The van der Waals surface area contributed by atoms with Crippen LogP contribution in [0.5, 0.6) is 0 Å². The van der Waals surface area contributed by atoms with Gasteiger partial charge in [0.05, 0.1) is 11.2 Å². The Bertz CT molecular complexity index is 930. The molecule has 1 saturated heterocycles. The standard InChI is InChI=1S/C16H16ClN7S/c17-14-11(3-4-20-15(14)19)25-13-2-1-10-16(23-13)21-6-12(22-10)24-7-9(5-18)8-24/h1-4,6,9H,5,7-8,18H2,(H2,19,20). The molecule has 4 rings (SSSR count). The number of hydrogen-bond acceptors (Lipinski definition) is 8.